The summed E-state index contributed by atoms with van der Waals surface area (Å²) >= 11 is 0. The molecule has 0 fully saturated rings. The first kappa shape index (κ1) is 21.0. The minimum absolute atomic E-state index is 0.378. The van der Waals surface area contributed by atoms with E-state index < -0.39 is 5.91 Å². The number of rotatable bonds is 8. The van der Waals surface area contributed by atoms with Crippen molar-refractivity contribution in [2.45, 2.75) is 26.7 Å². The van der Waals surface area contributed by atoms with E-state index in [1.165, 1.54) is 11.0 Å². The first-order valence-corrected chi connectivity index (χ1v) is 9.91. The second-order valence-electron chi connectivity index (χ2n) is 6.69. The van der Waals surface area contributed by atoms with Crippen LogP contribution in [-0.4, -0.2) is 45.1 Å². The lowest BCUT2D eigenvalue weighted by Crippen LogP contribution is -2.41. The third-order valence-electron chi connectivity index (χ3n) is 4.69. The number of anilines is 1. The van der Waals surface area contributed by atoms with Crippen molar-refractivity contribution in [1.82, 2.24) is 31.1 Å². The van der Waals surface area contributed by atoms with Crippen molar-refractivity contribution in [3.8, 4) is 5.69 Å². The van der Waals surface area contributed by atoms with E-state index in [4.69, 9.17) is 0 Å². The maximum absolute atomic E-state index is 12.3. The number of benzene rings is 2. The summed E-state index contributed by atoms with van der Waals surface area (Å²) < 4.78 is 1.48. The molecule has 0 spiro atoms. The molecule has 3 rings (SSSR count). The summed E-state index contributed by atoms with van der Waals surface area (Å²) in [6.07, 6.45) is 3.72. The third kappa shape index (κ3) is 5.19. The van der Waals surface area contributed by atoms with Gasteiger partial charge in [-0.05, 0) is 72.3 Å². The maximum Gasteiger partial charge on any atom is 0.269 e. The molecule has 2 aromatic carbocycles. The lowest BCUT2D eigenvalue weighted by molar-refractivity contribution is 0.0846. The van der Waals surface area contributed by atoms with Crippen LogP contribution in [0.15, 0.2) is 54.9 Å². The second-order valence-corrected chi connectivity index (χ2v) is 6.69. The SMILES string of the molecule is CCCCN(CC)c1ccc(C(=O)NNC(=O)c2ccc(-n3cnnn3)cc2)cc1. The van der Waals surface area contributed by atoms with Gasteiger partial charge < -0.3 is 4.90 Å². The molecule has 1 aromatic heterocycles. The molecular weight excluding hydrogens is 382 g/mol. The van der Waals surface area contributed by atoms with E-state index in [-0.39, 0.29) is 5.91 Å². The molecule has 2 amide bonds. The molecular formula is C21H25N7O2. The van der Waals surface area contributed by atoms with E-state index in [0.29, 0.717) is 11.1 Å². The summed E-state index contributed by atoms with van der Waals surface area (Å²) in [6.45, 7) is 6.17. The Kier molecular flexibility index (Phi) is 7.09. The molecule has 0 radical (unpaired) electrons. The highest BCUT2D eigenvalue weighted by Crippen LogP contribution is 2.16. The lowest BCUT2D eigenvalue weighted by Gasteiger charge is -2.23. The van der Waals surface area contributed by atoms with Gasteiger partial charge in [0.2, 0.25) is 0 Å². The molecule has 0 saturated heterocycles. The van der Waals surface area contributed by atoms with Crippen molar-refractivity contribution in [1.29, 1.82) is 0 Å². The number of hydrogen-bond acceptors (Lipinski definition) is 6. The summed E-state index contributed by atoms with van der Waals surface area (Å²) in [7, 11) is 0. The first-order chi connectivity index (χ1) is 14.6. The Morgan fingerprint density at radius 3 is 2.03 bits per heavy atom. The Labute approximate surface area is 175 Å². The van der Waals surface area contributed by atoms with Crippen molar-refractivity contribution in [2.24, 2.45) is 0 Å². The molecule has 1 heterocycles. The standard InChI is InChI=1S/C21H25N7O2/c1-3-5-14-27(4-2)18-10-6-16(7-11-18)20(29)23-24-21(30)17-8-12-19(13-9-17)28-15-22-25-26-28/h6-13,15H,3-5,14H2,1-2H3,(H,23,29)(H,24,30). The molecule has 0 atom stereocenters. The molecule has 0 aliphatic rings. The Morgan fingerprint density at radius 1 is 0.933 bits per heavy atom. The van der Waals surface area contributed by atoms with Crippen molar-refractivity contribution in [3.63, 3.8) is 0 Å². The highest BCUT2D eigenvalue weighted by Gasteiger charge is 2.11. The highest BCUT2D eigenvalue weighted by molar-refractivity contribution is 5.99. The Bertz CT molecular complexity index is 954. The molecule has 9 heteroatoms. The Hall–Kier alpha value is -3.75. The summed E-state index contributed by atoms with van der Waals surface area (Å²) in [5.41, 5.74) is 7.55. The van der Waals surface area contributed by atoms with Gasteiger partial charge in [-0.25, -0.2) is 4.68 Å². The van der Waals surface area contributed by atoms with Gasteiger partial charge in [-0.15, -0.1) is 5.10 Å². The Morgan fingerprint density at radius 2 is 1.53 bits per heavy atom. The average molecular weight is 407 g/mol. The predicted molar refractivity (Wildman–Crippen MR) is 113 cm³/mol. The van der Waals surface area contributed by atoms with E-state index in [2.05, 4.69) is 45.1 Å². The van der Waals surface area contributed by atoms with Crippen LogP contribution in [0.4, 0.5) is 5.69 Å². The van der Waals surface area contributed by atoms with Crippen LogP contribution in [0.3, 0.4) is 0 Å². The minimum atomic E-state index is -0.417. The number of carbonyl (C=O) groups is 2. The van der Waals surface area contributed by atoms with Gasteiger partial charge in [0.15, 0.2) is 0 Å². The number of carbonyl (C=O) groups excluding carboxylic acids is 2. The summed E-state index contributed by atoms with van der Waals surface area (Å²) in [4.78, 5) is 26.9. The smallest absolute Gasteiger partial charge is 0.269 e. The van der Waals surface area contributed by atoms with Gasteiger partial charge >= 0.3 is 0 Å². The van der Waals surface area contributed by atoms with Crippen molar-refractivity contribution >= 4 is 17.5 Å². The number of amides is 2. The zero-order valence-electron chi connectivity index (χ0n) is 17.1. The van der Waals surface area contributed by atoms with Gasteiger partial charge in [0, 0.05) is 29.9 Å². The van der Waals surface area contributed by atoms with Gasteiger partial charge in [-0.3, -0.25) is 20.4 Å². The molecule has 156 valence electrons. The lowest BCUT2D eigenvalue weighted by atomic mass is 10.1. The number of tetrazole rings is 1. The van der Waals surface area contributed by atoms with Gasteiger partial charge in [0.1, 0.15) is 6.33 Å². The van der Waals surface area contributed by atoms with Crippen LogP contribution < -0.4 is 15.8 Å². The fourth-order valence-corrected chi connectivity index (χ4v) is 2.95. The number of unbranched alkanes of at least 4 members (excludes halogenated alkanes) is 1. The van der Waals surface area contributed by atoms with Crippen molar-refractivity contribution in [2.75, 3.05) is 18.0 Å². The predicted octanol–water partition coefficient (Wildman–Crippen LogP) is 2.36. The fourth-order valence-electron chi connectivity index (χ4n) is 2.95. The average Bonchev–Trinajstić information content (AvgIpc) is 3.33. The molecule has 0 aliphatic heterocycles. The normalized spacial score (nSPS) is 10.5. The maximum atomic E-state index is 12.3. The van der Waals surface area contributed by atoms with Crippen LogP contribution in [0.25, 0.3) is 5.69 Å². The van der Waals surface area contributed by atoms with Crippen LogP contribution in [0, 0.1) is 0 Å². The van der Waals surface area contributed by atoms with Gasteiger partial charge in [-0.1, -0.05) is 13.3 Å². The van der Waals surface area contributed by atoms with E-state index in [9.17, 15) is 9.59 Å². The molecule has 0 aliphatic carbocycles. The van der Waals surface area contributed by atoms with Gasteiger partial charge in [-0.2, -0.15) is 0 Å². The zero-order chi connectivity index (χ0) is 21.3. The number of nitrogens with one attached hydrogen (secondary N) is 2. The van der Waals surface area contributed by atoms with Crippen LogP contribution in [0.2, 0.25) is 0 Å². The molecule has 2 N–H and O–H groups in total. The summed E-state index contributed by atoms with van der Waals surface area (Å²) in [5.74, 6) is -0.795. The molecule has 0 saturated carbocycles. The van der Waals surface area contributed by atoms with E-state index in [1.54, 1.807) is 36.4 Å². The minimum Gasteiger partial charge on any atom is -0.372 e. The highest BCUT2D eigenvalue weighted by atomic mass is 16.2. The van der Waals surface area contributed by atoms with E-state index in [1.807, 2.05) is 12.1 Å². The summed E-state index contributed by atoms with van der Waals surface area (Å²) in [5, 5.41) is 10.9. The zero-order valence-corrected chi connectivity index (χ0v) is 17.1. The largest absolute Gasteiger partial charge is 0.372 e. The number of hydrogen-bond donors (Lipinski definition) is 2. The topological polar surface area (TPSA) is 105 Å². The molecule has 3 aromatic rings. The van der Waals surface area contributed by atoms with Gasteiger partial charge in [0.05, 0.1) is 5.69 Å². The number of hydrazine groups is 1. The molecule has 9 nitrogen and oxygen atoms in total. The van der Waals surface area contributed by atoms with Crippen LogP contribution in [0.5, 0.6) is 0 Å². The van der Waals surface area contributed by atoms with Crippen LogP contribution >= 0.6 is 0 Å². The van der Waals surface area contributed by atoms with E-state index in [0.717, 1.165) is 37.3 Å². The van der Waals surface area contributed by atoms with Crippen LogP contribution in [0.1, 0.15) is 47.4 Å². The van der Waals surface area contributed by atoms with Crippen LogP contribution in [-0.2, 0) is 0 Å². The quantitative estimate of drug-likeness (QED) is 0.556. The van der Waals surface area contributed by atoms with Crippen molar-refractivity contribution in [3.05, 3.63) is 66.0 Å². The summed E-state index contributed by atoms with van der Waals surface area (Å²) in [6, 6.07) is 14.0. The molecule has 0 bridgehead atoms. The molecule has 30 heavy (non-hydrogen) atoms. The first-order valence-electron chi connectivity index (χ1n) is 9.91. The van der Waals surface area contributed by atoms with E-state index >= 15 is 0 Å². The van der Waals surface area contributed by atoms with Gasteiger partial charge in [0.25, 0.3) is 11.8 Å². The fraction of sp³-hybridized carbons (Fsp3) is 0.286. The molecule has 0 unspecified atom stereocenters. The Balaban J connectivity index is 1.55. The third-order valence-corrected chi connectivity index (χ3v) is 4.69. The number of aromatic nitrogens is 4. The second kappa shape index (κ2) is 10.1. The number of nitrogens with zero attached hydrogens (tertiary/aromatic N) is 5. The van der Waals surface area contributed by atoms with Crippen molar-refractivity contribution < 1.29 is 9.59 Å². The monoisotopic (exact) mass is 407 g/mol.